The zero-order valence-electron chi connectivity index (χ0n) is 16.1. The van der Waals surface area contributed by atoms with Crippen LogP contribution in [-0.4, -0.2) is 40.5 Å². The molecule has 0 radical (unpaired) electrons. The van der Waals surface area contributed by atoms with E-state index >= 15 is 0 Å². The Morgan fingerprint density at radius 3 is 2.82 bits per heavy atom. The van der Waals surface area contributed by atoms with Gasteiger partial charge in [-0.3, -0.25) is 0 Å². The van der Waals surface area contributed by atoms with Gasteiger partial charge < -0.3 is 20.7 Å². The van der Waals surface area contributed by atoms with Gasteiger partial charge in [0.2, 0.25) is 5.95 Å². The van der Waals surface area contributed by atoms with Gasteiger partial charge in [-0.2, -0.15) is 10.1 Å². The van der Waals surface area contributed by atoms with Crippen molar-refractivity contribution in [2.24, 2.45) is 0 Å². The average Bonchev–Trinajstić information content (AvgIpc) is 3.11. The van der Waals surface area contributed by atoms with Gasteiger partial charge in [0.05, 0.1) is 12.8 Å². The van der Waals surface area contributed by atoms with Crippen molar-refractivity contribution in [2.75, 3.05) is 31.3 Å². The summed E-state index contributed by atoms with van der Waals surface area (Å²) in [6.45, 7) is 3.72. The molecule has 4 rings (SSSR count). The number of anilines is 3. The zero-order valence-corrected chi connectivity index (χ0v) is 16.9. The second kappa shape index (κ2) is 8.45. The van der Waals surface area contributed by atoms with E-state index in [9.17, 15) is 0 Å². The Kier molecular flexibility index (Phi) is 6.01. The van der Waals surface area contributed by atoms with E-state index in [1.54, 1.807) is 7.11 Å². The van der Waals surface area contributed by atoms with Crippen LogP contribution in [0.25, 0.3) is 5.69 Å². The summed E-state index contributed by atoms with van der Waals surface area (Å²) < 4.78 is 7.43. The highest BCUT2D eigenvalue weighted by Gasteiger charge is 2.16. The molecule has 0 spiro atoms. The minimum atomic E-state index is 0. The van der Waals surface area contributed by atoms with Crippen molar-refractivity contribution in [1.82, 2.24) is 25.1 Å². The third-order valence-corrected chi connectivity index (χ3v) is 4.53. The first kappa shape index (κ1) is 19.9. The standard InChI is InChI=1S/C19H23N7O.ClH/c1-12-8-18(20-2)24-19(22-12)23-14-4-5-17(27-3)16(9-14)26-11-13-6-7-21-10-15(13)25-26;/h4-5,8-9,11,21H,6-7,10H2,1-3H3,(H2,20,22,23,24);1H. The SMILES string of the molecule is CNc1cc(C)nc(Nc2ccc(OC)c(-n3cc4c(n3)CNCC4)c2)n1.Cl. The van der Waals surface area contributed by atoms with E-state index in [1.165, 1.54) is 5.56 Å². The van der Waals surface area contributed by atoms with Gasteiger partial charge in [0.15, 0.2) is 0 Å². The molecule has 0 bridgehead atoms. The molecular formula is C19H24ClN7O. The number of rotatable bonds is 5. The molecule has 9 heteroatoms. The van der Waals surface area contributed by atoms with E-state index in [-0.39, 0.29) is 12.4 Å². The maximum atomic E-state index is 5.55. The van der Waals surface area contributed by atoms with E-state index in [0.29, 0.717) is 5.95 Å². The monoisotopic (exact) mass is 401 g/mol. The Hall–Kier alpha value is -2.84. The number of halogens is 1. The summed E-state index contributed by atoms with van der Waals surface area (Å²) in [6.07, 6.45) is 3.07. The van der Waals surface area contributed by atoms with Crippen LogP contribution in [0.15, 0.2) is 30.5 Å². The van der Waals surface area contributed by atoms with Gasteiger partial charge in [-0.1, -0.05) is 0 Å². The zero-order chi connectivity index (χ0) is 18.8. The molecule has 0 fully saturated rings. The number of aromatic nitrogens is 4. The number of nitrogens with zero attached hydrogens (tertiary/aromatic N) is 4. The van der Waals surface area contributed by atoms with Crippen molar-refractivity contribution in [1.29, 1.82) is 0 Å². The average molecular weight is 402 g/mol. The Bertz CT molecular complexity index is 949. The number of ether oxygens (including phenoxy) is 1. The molecule has 8 nitrogen and oxygen atoms in total. The minimum Gasteiger partial charge on any atom is -0.494 e. The van der Waals surface area contributed by atoms with Crippen LogP contribution in [0.1, 0.15) is 17.0 Å². The van der Waals surface area contributed by atoms with Crippen LogP contribution in [-0.2, 0) is 13.0 Å². The topological polar surface area (TPSA) is 88.9 Å². The number of hydrogen-bond donors (Lipinski definition) is 3. The van der Waals surface area contributed by atoms with Gasteiger partial charge in [-0.15, -0.1) is 12.4 Å². The third-order valence-electron chi connectivity index (χ3n) is 4.53. The highest BCUT2D eigenvalue weighted by atomic mass is 35.5. The smallest absolute Gasteiger partial charge is 0.229 e. The van der Waals surface area contributed by atoms with Crippen LogP contribution in [0.4, 0.5) is 17.5 Å². The van der Waals surface area contributed by atoms with Crippen LogP contribution in [0.2, 0.25) is 0 Å². The van der Waals surface area contributed by atoms with Gasteiger partial charge in [0, 0.05) is 37.2 Å². The Morgan fingerprint density at radius 2 is 2.07 bits per heavy atom. The predicted octanol–water partition coefficient (Wildman–Crippen LogP) is 2.83. The summed E-state index contributed by atoms with van der Waals surface area (Å²) in [5.74, 6) is 2.07. The number of hydrogen-bond acceptors (Lipinski definition) is 7. The second-order valence-corrected chi connectivity index (χ2v) is 6.45. The van der Waals surface area contributed by atoms with E-state index in [2.05, 4.69) is 32.1 Å². The number of fused-ring (bicyclic) bond motifs is 1. The molecule has 148 valence electrons. The van der Waals surface area contributed by atoms with Crippen LogP contribution in [0.5, 0.6) is 5.75 Å². The summed E-state index contributed by atoms with van der Waals surface area (Å²) in [5.41, 5.74) is 4.98. The molecule has 0 aliphatic carbocycles. The quantitative estimate of drug-likeness (QED) is 0.605. The summed E-state index contributed by atoms with van der Waals surface area (Å²) in [7, 11) is 3.51. The van der Waals surface area contributed by atoms with E-state index in [4.69, 9.17) is 9.84 Å². The van der Waals surface area contributed by atoms with Crippen molar-refractivity contribution >= 4 is 29.9 Å². The first-order valence-electron chi connectivity index (χ1n) is 8.93. The molecular weight excluding hydrogens is 378 g/mol. The van der Waals surface area contributed by atoms with Crippen molar-refractivity contribution in [3.63, 3.8) is 0 Å². The fourth-order valence-electron chi connectivity index (χ4n) is 3.18. The molecule has 1 aromatic carbocycles. The summed E-state index contributed by atoms with van der Waals surface area (Å²) in [5, 5.41) is 14.4. The molecule has 1 aliphatic heterocycles. The highest BCUT2D eigenvalue weighted by Crippen LogP contribution is 2.28. The maximum absolute atomic E-state index is 5.55. The Balaban J connectivity index is 0.00000225. The van der Waals surface area contributed by atoms with E-state index < -0.39 is 0 Å². The molecule has 2 aromatic heterocycles. The number of benzene rings is 1. The van der Waals surface area contributed by atoms with Crippen molar-refractivity contribution in [3.05, 3.63) is 47.4 Å². The molecule has 28 heavy (non-hydrogen) atoms. The molecule has 3 aromatic rings. The summed E-state index contributed by atoms with van der Waals surface area (Å²) in [4.78, 5) is 8.90. The van der Waals surface area contributed by atoms with E-state index in [1.807, 2.05) is 42.9 Å². The molecule has 0 saturated heterocycles. The molecule has 0 unspecified atom stereocenters. The minimum absolute atomic E-state index is 0. The predicted molar refractivity (Wildman–Crippen MR) is 112 cm³/mol. The van der Waals surface area contributed by atoms with Crippen molar-refractivity contribution in [2.45, 2.75) is 19.9 Å². The molecule has 0 saturated carbocycles. The van der Waals surface area contributed by atoms with Crippen molar-refractivity contribution in [3.8, 4) is 11.4 Å². The third kappa shape index (κ3) is 4.02. The largest absolute Gasteiger partial charge is 0.494 e. The van der Waals surface area contributed by atoms with Gasteiger partial charge in [0.25, 0.3) is 0 Å². The molecule has 1 aliphatic rings. The lowest BCUT2D eigenvalue weighted by Crippen LogP contribution is -2.22. The normalized spacial score (nSPS) is 12.7. The summed E-state index contributed by atoms with van der Waals surface area (Å²) in [6, 6.07) is 7.76. The lowest BCUT2D eigenvalue weighted by Gasteiger charge is -2.12. The molecule has 3 N–H and O–H groups in total. The lowest BCUT2D eigenvalue weighted by atomic mass is 10.1. The van der Waals surface area contributed by atoms with Crippen LogP contribution < -0.4 is 20.7 Å². The number of aryl methyl sites for hydroxylation is 1. The maximum Gasteiger partial charge on any atom is 0.229 e. The molecule has 0 atom stereocenters. The first-order chi connectivity index (χ1) is 13.2. The Morgan fingerprint density at radius 1 is 1.21 bits per heavy atom. The van der Waals surface area contributed by atoms with Gasteiger partial charge in [0.1, 0.15) is 17.3 Å². The van der Waals surface area contributed by atoms with Crippen molar-refractivity contribution < 1.29 is 4.74 Å². The second-order valence-electron chi connectivity index (χ2n) is 6.45. The summed E-state index contributed by atoms with van der Waals surface area (Å²) >= 11 is 0. The highest BCUT2D eigenvalue weighted by molar-refractivity contribution is 5.85. The van der Waals surface area contributed by atoms with Crippen LogP contribution >= 0.6 is 12.4 Å². The molecule has 3 heterocycles. The fraction of sp³-hybridized carbons (Fsp3) is 0.316. The van der Waals surface area contributed by atoms with Gasteiger partial charge >= 0.3 is 0 Å². The first-order valence-corrected chi connectivity index (χ1v) is 8.93. The Labute approximate surface area is 170 Å². The number of nitrogens with one attached hydrogen (secondary N) is 3. The fourth-order valence-corrected chi connectivity index (χ4v) is 3.18. The van der Waals surface area contributed by atoms with E-state index in [0.717, 1.165) is 53.8 Å². The van der Waals surface area contributed by atoms with Gasteiger partial charge in [-0.05, 0) is 43.7 Å². The molecule has 0 amide bonds. The van der Waals surface area contributed by atoms with Gasteiger partial charge in [-0.25, -0.2) is 9.67 Å². The number of methoxy groups -OCH3 is 1. The van der Waals surface area contributed by atoms with Crippen LogP contribution in [0.3, 0.4) is 0 Å². The lowest BCUT2D eigenvalue weighted by molar-refractivity contribution is 0.411. The van der Waals surface area contributed by atoms with Crippen LogP contribution in [0, 0.1) is 6.92 Å².